The molecule has 4 rings (SSSR count). The van der Waals surface area contributed by atoms with Gasteiger partial charge in [0, 0.05) is 54.2 Å². The summed E-state index contributed by atoms with van der Waals surface area (Å²) in [6.45, 7) is 7.29. The Balaban J connectivity index is 1.51. The molecule has 30 heavy (non-hydrogen) atoms. The topological polar surface area (TPSA) is 79.8 Å². The monoisotopic (exact) mass is 427 g/mol. The Morgan fingerprint density at radius 3 is 2.43 bits per heavy atom. The van der Waals surface area contributed by atoms with Gasteiger partial charge in [-0.15, -0.1) is 0 Å². The van der Waals surface area contributed by atoms with Crippen molar-refractivity contribution in [3.05, 3.63) is 63.8 Å². The SMILES string of the molecule is Cc1cccc(C)c1N1CCN(C(O)Cc2c(C(=O)O)[nH]c3ccc(Cl)cc23)CC1. The number of piperazine rings is 1. The summed E-state index contributed by atoms with van der Waals surface area (Å²) in [5.74, 6) is -1.04. The van der Waals surface area contributed by atoms with Crippen LogP contribution >= 0.6 is 11.6 Å². The molecule has 1 aromatic heterocycles. The molecule has 0 bridgehead atoms. The molecular formula is C23H26ClN3O3. The molecule has 3 N–H and O–H groups in total. The van der Waals surface area contributed by atoms with Crippen LogP contribution in [0.1, 0.15) is 27.2 Å². The number of para-hydroxylation sites is 1. The maximum atomic E-state index is 11.7. The van der Waals surface area contributed by atoms with E-state index in [4.69, 9.17) is 11.6 Å². The van der Waals surface area contributed by atoms with Gasteiger partial charge in [-0.2, -0.15) is 0 Å². The maximum absolute atomic E-state index is 11.7. The summed E-state index contributed by atoms with van der Waals surface area (Å²) in [4.78, 5) is 19.1. The van der Waals surface area contributed by atoms with E-state index in [1.54, 1.807) is 18.2 Å². The lowest BCUT2D eigenvalue weighted by Crippen LogP contribution is -2.51. The van der Waals surface area contributed by atoms with Crippen molar-refractivity contribution in [1.82, 2.24) is 9.88 Å². The molecule has 1 atom stereocenters. The number of carbonyl (C=O) groups is 1. The van der Waals surface area contributed by atoms with Gasteiger partial charge in [0.25, 0.3) is 0 Å². The van der Waals surface area contributed by atoms with E-state index in [2.05, 4.69) is 41.9 Å². The number of aromatic carboxylic acids is 1. The highest BCUT2D eigenvalue weighted by atomic mass is 35.5. The first-order valence-corrected chi connectivity index (χ1v) is 10.5. The minimum Gasteiger partial charge on any atom is -0.477 e. The van der Waals surface area contributed by atoms with Crippen molar-refractivity contribution in [3.63, 3.8) is 0 Å². The maximum Gasteiger partial charge on any atom is 0.352 e. The molecule has 0 saturated carbocycles. The van der Waals surface area contributed by atoms with E-state index in [9.17, 15) is 15.0 Å². The number of anilines is 1. The van der Waals surface area contributed by atoms with Gasteiger partial charge in [0.15, 0.2) is 0 Å². The number of carboxylic acids is 1. The first-order chi connectivity index (χ1) is 14.3. The normalized spacial score (nSPS) is 16.2. The van der Waals surface area contributed by atoms with Crippen LogP contribution in [0.25, 0.3) is 10.9 Å². The second-order valence-electron chi connectivity index (χ2n) is 7.92. The fourth-order valence-electron chi connectivity index (χ4n) is 4.47. The van der Waals surface area contributed by atoms with Crippen LogP contribution in [-0.2, 0) is 6.42 Å². The van der Waals surface area contributed by atoms with Crippen molar-refractivity contribution in [2.75, 3.05) is 31.1 Å². The molecule has 0 spiro atoms. The fourth-order valence-corrected chi connectivity index (χ4v) is 4.65. The van der Waals surface area contributed by atoms with Gasteiger partial charge < -0.3 is 20.1 Å². The number of rotatable bonds is 5. The quantitative estimate of drug-likeness (QED) is 0.576. The average molecular weight is 428 g/mol. The van der Waals surface area contributed by atoms with E-state index in [-0.39, 0.29) is 12.1 Å². The Kier molecular flexibility index (Phi) is 5.73. The molecule has 1 aliphatic heterocycles. The summed E-state index contributed by atoms with van der Waals surface area (Å²) < 4.78 is 0. The number of aromatic nitrogens is 1. The molecule has 0 amide bonds. The van der Waals surface area contributed by atoms with Crippen LogP contribution in [0.15, 0.2) is 36.4 Å². The molecule has 1 saturated heterocycles. The number of hydrogen-bond donors (Lipinski definition) is 3. The molecule has 1 aliphatic rings. The molecule has 1 fully saturated rings. The number of carboxylic acid groups (broad SMARTS) is 1. The lowest BCUT2D eigenvalue weighted by atomic mass is 10.0. The minimum atomic E-state index is -1.04. The average Bonchev–Trinajstić information content (AvgIpc) is 3.06. The standard InChI is InChI=1S/C23H26ClN3O3/c1-14-4-3-5-15(2)22(14)27-10-8-26(9-11-27)20(28)13-18-17-12-16(24)6-7-19(17)25-21(18)23(29)30/h3-7,12,20,25,28H,8-11,13H2,1-2H3,(H,29,30). The van der Waals surface area contributed by atoms with Gasteiger partial charge in [0.05, 0.1) is 0 Å². The number of aliphatic hydroxyl groups excluding tert-OH is 1. The van der Waals surface area contributed by atoms with E-state index in [1.807, 2.05) is 4.90 Å². The summed E-state index contributed by atoms with van der Waals surface area (Å²) in [6, 6.07) is 11.6. The molecule has 2 aromatic carbocycles. The van der Waals surface area contributed by atoms with Crippen molar-refractivity contribution in [3.8, 4) is 0 Å². The molecular weight excluding hydrogens is 402 g/mol. The van der Waals surface area contributed by atoms with Gasteiger partial charge in [-0.25, -0.2) is 4.79 Å². The third kappa shape index (κ3) is 3.90. The smallest absolute Gasteiger partial charge is 0.352 e. The highest BCUT2D eigenvalue weighted by Crippen LogP contribution is 2.29. The van der Waals surface area contributed by atoms with Crippen LogP contribution in [0.3, 0.4) is 0 Å². The van der Waals surface area contributed by atoms with Crippen LogP contribution in [0.4, 0.5) is 5.69 Å². The lowest BCUT2D eigenvalue weighted by molar-refractivity contribution is 0.00115. The molecule has 158 valence electrons. The Morgan fingerprint density at radius 1 is 1.13 bits per heavy atom. The van der Waals surface area contributed by atoms with E-state index >= 15 is 0 Å². The molecule has 1 unspecified atom stereocenters. The third-order valence-corrected chi connectivity index (χ3v) is 6.20. The Bertz CT molecular complexity index is 1070. The highest BCUT2D eigenvalue weighted by molar-refractivity contribution is 6.31. The molecule has 2 heterocycles. The molecule has 0 aliphatic carbocycles. The number of benzene rings is 2. The zero-order chi connectivity index (χ0) is 21.4. The number of nitrogens with zero attached hydrogens (tertiary/aromatic N) is 2. The second-order valence-corrected chi connectivity index (χ2v) is 8.36. The van der Waals surface area contributed by atoms with Crippen molar-refractivity contribution < 1.29 is 15.0 Å². The van der Waals surface area contributed by atoms with Gasteiger partial charge in [0.2, 0.25) is 0 Å². The summed E-state index contributed by atoms with van der Waals surface area (Å²) in [5.41, 5.74) is 5.19. The zero-order valence-electron chi connectivity index (χ0n) is 17.2. The van der Waals surface area contributed by atoms with Gasteiger partial charge in [0.1, 0.15) is 11.9 Å². The summed E-state index contributed by atoms with van der Waals surface area (Å²) in [5, 5.41) is 21.8. The van der Waals surface area contributed by atoms with E-state index in [1.165, 1.54) is 16.8 Å². The number of H-pyrrole nitrogens is 1. The summed E-state index contributed by atoms with van der Waals surface area (Å²) in [7, 11) is 0. The first-order valence-electron chi connectivity index (χ1n) is 10.1. The van der Waals surface area contributed by atoms with Gasteiger partial charge in [-0.3, -0.25) is 4.90 Å². The van der Waals surface area contributed by atoms with E-state index in [0.29, 0.717) is 29.2 Å². The van der Waals surface area contributed by atoms with Crippen molar-refractivity contribution in [2.45, 2.75) is 26.5 Å². The second kappa shape index (κ2) is 8.30. The molecule has 7 heteroatoms. The van der Waals surface area contributed by atoms with Gasteiger partial charge >= 0.3 is 5.97 Å². The number of aromatic amines is 1. The number of nitrogens with one attached hydrogen (secondary N) is 1. The Hall–Kier alpha value is -2.54. The van der Waals surface area contributed by atoms with Crippen molar-refractivity contribution >= 4 is 34.2 Å². The number of aliphatic hydroxyl groups is 1. The van der Waals surface area contributed by atoms with Gasteiger partial charge in [-0.05, 0) is 48.7 Å². The predicted octanol–water partition coefficient (Wildman–Crippen LogP) is 3.82. The van der Waals surface area contributed by atoms with Crippen LogP contribution in [0.5, 0.6) is 0 Å². The predicted molar refractivity (Wildman–Crippen MR) is 120 cm³/mol. The number of fused-ring (bicyclic) bond motifs is 1. The van der Waals surface area contributed by atoms with Crippen LogP contribution in [0.2, 0.25) is 5.02 Å². The number of halogens is 1. The highest BCUT2D eigenvalue weighted by Gasteiger charge is 2.27. The van der Waals surface area contributed by atoms with Crippen molar-refractivity contribution in [1.29, 1.82) is 0 Å². The fraction of sp³-hybridized carbons (Fsp3) is 0.348. The van der Waals surface area contributed by atoms with Gasteiger partial charge in [-0.1, -0.05) is 29.8 Å². The molecule has 3 aromatic rings. The number of aryl methyl sites for hydroxylation is 2. The Labute approximate surface area is 180 Å². The minimum absolute atomic E-state index is 0.112. The van der Waals surface area contributed by atoms with Crippen LogP contribution < -0.4 is 4.90 Å². The van der Waals surface area contributed by atoms with E-state index < -0.39 is 12.2 Å². The zero-order valence-corrected chi connectivity index (χ0v) is 17.9. The molecule has 6 nitrogen and oxygen atoms in total. The number of hydrogen-bond acceptors (Lipinski definition) is 4. The largest absolute Gasteiger partial charge is 0.477 e. The van der Waals surface area contributed by atoms with Crippen LogP contribution in [-0.4, -0.2) is 58.5 Å². The van der Waals surface area contributed by atoms with Crippen molar-refractivity contribution in [2.24, 2.45) is 0 Å². The first kappa shape index (κ1) is 20.7. The summed E-state index contributed by atoms with van der Waals surface area (Å²) >= 11 is 6.12. The summed E-state index contributed by atoms with van der Waals surface area (Å²) in [6.07, 6.45) is -0.535. The molecule has 0 radical (unpaired) electrons. The lowest BCUT2D eigenvalue weighted by Gasteiger charge is -2.39. The van der Waals surface area contributed by atoms with E-state index in [0.717, 1.165) is 18.5 Å². The van der Waals surface area contributed by atoms with Crippen LogP contribution in [0, 0.1) is 13.8 Å². The third-order valence-electron chi connectivity index (χ3n) is 5.96. The Morgan fingerprint density at radius 2 is 1.80 bits per heavy atom.